The zero-order valence-electron chi connectivity index (χ0n) is 11.0. The van der Waals surface area contributed by atoms with Crippen LogP contribution in [0, 0.1) is 0 Å². The third kappa shape index (κ3) is 4.30. The smallest absolute Gasteiger partial charge is 0.326 e. The second-order valence-electron chi connectivity index (χ2n) is 4.42. The predicted molar refractivity (Wildman–Crippen MR) is 71.4 cm³/mol. The summed E-state index contributed by atoms with van der Waals surface area (Å²) < 4.78 is 1.30. The molecule has 0 aliphatic rings. The molecular weight excluding hydrogens is 276 g/mol. The lowest BCUT2D eigenvalue weighted by Crippen LogP contribution is -2.43. The molecule has 0 aliphatic heterocycles. The minimum atomic E-state index is -1.13. The van der Waals surface area contributed by atoms with Crippen molar-refractivity contribution in [1.82, 2.24) is 20.1 Å². The van der Waals surface area contributed by atoms with E-state index in [2.05, 4.69) is 15.4 Å². The lowest BCUT2D eigenvalue weighted by atomic mass is 10.1. The third-order valence-corrected chi connectivity index (χ3v) is 2.78. The Morgan fingerprint density at radius 3 is 2.57 bits per heavy atom. The number of aliphatic carboxylic acids is 1. The SMILES string of the molecule is O=C(Cn1cncn1)N[C@@H](Cc1ccc(O)cc1)C(=O)O. The maximum Gasteiger partial charge on any atom is 0.326 e. The summed E-state index contributed by atoms with van der Waals surface area (Å²) in [5.74, 6) is -1.50. The largest absolute Gasteiger partial charge is 0.508 e. The Bertz CT molecular complexity index is 610. The highest BCUT2D eigenvalue weighted by Gasteiger charge is 2.20. The van der Waals surface area contributed by atoms with Crippen LogP contribution in [0.25, 0.3) is 0 Å². The highest BCUT2D eigenvalue weighted by molar-refractivity contribution is 5.83. The van der Waals surface area contributed by atoms with E-state index in [4.69, 9.17) is 5.11 Å². The van der Waals surface area contributed by atoms with Crippen LogP contribution in [0.3, 0.4) is 0 Å². The molecule has 0 unspecified atom stereocenters. The Hall–Kier alpha value is -2.90. The summed E-state index contributed by atoms with van der Waals surface area (Å²) in [6.45, 7) is -0.0979. The van der Waals surface area contributed by atoms with E-state index in [9.17, 15) is 14.7 Å². The first-order valence-corrected chi connectivity index (χ1v) is 6.17. The fourth-order valence-electron chi connectivity index (χ4n) is 1.77. The Morgan fingerprint density at radius 1 is 1.29 bits per heavy atom. The number of phenols is 1. The Balaban J connectivity index is 1.97. The van der Waals surface area contributed by atoms with Gasteiger partial charge >= 0.3 is 5.97 Å². The molecule has 0 radical (unpaired) electrons. The number of carboxylic acid groups (broad SMARTS) is 1. The molecule has 3 N–H and O–H groups in total. The number of nitrogens with one attached hydrogen (secondary N) is 1. The van der Waals surface area contributed by atoms with Crippen LogP contribution in [0.15, 0.2) is 36.9 Å². The number of carboxylic acids is 1. The number of aromatic nitrogens is 3. The summed E-state index contributed by atoms with van der Waals surface area (Å²) in [6.07, 6.45) is 2.78. The van der Waals surface area contributed by atoms with Gasteiger partial charge in [0.25, 0.3) is 0 Å². The van der Waals surface area contributed by atoms with E-state index in [1.165, 1.54) is 29.5 Å². The molecule has 1 heterocycles. The average Bonchev–Trinajstić information content (AvgIpc) is 2.93. The number of nitrogens with zero attached hydrogens (tertiary/aromatic N) is 3. The number of benzene rings is 1. The van der Waals surface area contributed by atoms with Gasteiger partial charge in [0.2, 0.25) is 5.91 Å². The van der Waals surface area contributed by atoms with Crippen LogP contribution in [0.5, 0.6) is 5.75 Å². The molecule has 1 atom stereocenters. The summed E-state index contributed by atoms with van der Waals surface area (Å²) in [6, 6.07) is 5.09. The Labute approximate surface area is 120 Å². The number of amides is 1. The lowest BCUT2D eigenvalue weighted by molar-refractivity contribution is -0.141. The van der Waals surface area contributed by atoms with E-state index in [0.29, 0.717) is 5.56 Å². The van der Waals surface area contributed by atoms with Gasteiger partial charge in [-0.1, -0.05) is 12.1 Å². The van der Waals surface area contributed by atoms with E-state index in [-0.39, 0.29) is 18.7 Å². The van der Waals surface area contributed by atoms with Gasteiger partial charge in [0.15, 0.2) is 0 Å². The quantitative estimate of drug-likeness (QED) is 0.678. The van der Waals surface area contributed by atoms with Gasteiger partial charge in [0.05, 0.1) is 0 Å². The van der Waals surface area contributed by atoms with Crippen LogP contribution in [0.1, 0.15) is 5.56 Å². The maximum absolute atomic E-state index is 11.8. The topological polar surface area (TPSA) is 117 Å². The first-order valence-electron chi connectivity index (χ1n) is 6.17. The molecule has 0 spiro atoms. The molecule has 0 fully saturated rings. The molecule has 1 aromatic heterocycles. The number of phenolic OH excluding ortho intramolecular Hbond substituents is 1. The number of rotatable bonds is 6. The van der Waals surface area contributed by atoms with Crippen molar-refractivity contribution in [3.8, 4) is 5.75 Å². The van der Waals surface area contributed by atoms with Gasteiger partial charge in [0.1, 0.15) is 31.0 Å². The Morgan fingerprint density at radius 2 is 2.00 bits per heavy atom. The van der Waals surface area contributed by atoms with Crippen LogP contribution < -0.4 is 5.32 Å². The molecule has 2 aromatic rings. The lowest BCUT2D eigenvalue weighted by Gasteiger charge is -2.14. The summed E-state index contributed by atoms with van der Waals surface area (Å²) >= 11 is 0. The van der Waals surface area contributed by atoms with Crippen molar-refractivity contribution in [2.24, 2.45) is 0 Å². The zero-order chi connectivity index (χ0) is 15.2. The van der Waals surface area contributed by atoms with Crippen molar-refractivity contribution in [3.63, 3.8) is 0 Å². The van der Waals surface area contributed by atoms with Gasteiger partial charge in [-0.05, 0) is 17.7 Å². The van der Waals surface area contributed by atoms with E-state index >= 15 is 0 Å². The van der Waals surface area contributed by atoms with Gasteiger partial charge in [-0.2, -0.15) is 5.10 Å². The highest BCUT2D eigenvalue weighted by Crippen LogP contribution is 2.11. The van der Waals surface area contributed by atoms with Crippen molar-refractivity contribution in [1.29, 1.82) is 0 Å². The number of aromatic hydroxyl groups is 1. The van der Waals surface area contributed by atoms with E-state index in [0.717, 1.165) is 0 Å². The van der Waals surface area contributed by atoms with Crippen LogP contribution >= 0.6 is 0 Å². The van der Waals surface area contributed by atoms with Crippen LogP contribution in [0.4, 0.5) is 0 Å². The van der Waals surface area contributed by atoms with E-state index in [1.54, 1.807) is 12.1 Å². The zero-order valence-corrected chi connectivity index (χ0v) is 11.0. The van der Waals surface area contributed by atoms with Gasteiger partial charge in [-0.3, -0.25) is 4.79 Å². The highest BCUT2D eigenvalue weighted by atomic mass is 16.4. The normalized spacial score (nSPS) is 11.8. The number of carbonyl (C=O) groups is 2. The Kier molecular flexibility index (Phi) is 4.50. The fraction of sp³-hybridized carbons (Fsp3) is 0.231. The van der Waals surface area contributed by atoms with Gasteiger partial charge in [-0.15, -0.1) is 0 Å². The van der Waals surface area contributed by atoms with Crippen molar-refractivity contribution in [3.05, 3.63) is 42.5 Å². The van der Waals surface area contributed by atoms with Crippen LogP contribution in [0.2, 0.25) is 0 Å². The number of carbonyl (C=O) groups excluding carboxylic acids is 1. The molecule has 8 nitrogen and oxygen atoms in total. The average molecular weight is 290 g/mol. The van der Waals surface area contributed by atoms with Crippen molar-refractivity contribution < 1.29 is 19.8 Å². The molecule has 1 aromatic carbocycles. The summed E-state index contributed by atoms with van der Waals surface area (Å²) in [5.41, 5.74) is 0.696. The van der Waals surface area contributed by atoms with Crippen molar-refractivity contribution in [2.75, 3.05) is 0 Å². The molecule has 21 heavy (non-hydrogen) atoms. The standard InChI is InChI=1S/C13H14N4O4/c18-10-3-1-9(2-4-10)5-11(13(20)21)16-12(19)6-17-8-14-7-15-17/h1-4,7-8,11,18H,5-6H2,(H,16,19)(H,20,21)/t11-/m0/s1. The molecule has 1 amide bonds. The van der Waals surface area contributed by atoms with E-state index in [1.807, 2.05) is 0 Å². The monoisotopic (exact) mass is 290 g/mol. The van der Waals surface area contributed by atoms with Crippen molar-refractivity contribution >= 4 is 11.9 Å². The van der Waals surface area contributed by atoms with Gasteiger partial charge in [-0.25, -0.2) is 14.5 Å². The molecule has 0 bridgehead atoms. The summed E-state index contributed by atoms with van der Waals surface area (Å²) in [7, 11) is 0. The summed E-state index contributed by atoms with van der Waals surface area (Å²) in [4.78, 5) is 26.7. The number of hydrogen-bond donors (Lipinski definition) is 3. The van der Waals surface area contributed by atoms with Crippen molar-refractivity contribution in [2.45, 2.75) is 19.0 Å². The molecule has 8 heteroatoms. The van der Waals surface area contributed by atoms with Gasteiger partial charge < -0.3 is 15.5 Å². The molecule has 2 rings (SSSR count). The minimum Gasteiger partial charge on any atom is -0.508 e. The molecule has 0 saturated carbocycles. The third-order valence-electron chi connectivity index (χ3n) is 2.78. The molecule has 0 aliphatic carbocycles. The second kappa shape index (κ2) is 6.51. The predicted octanol–water partition coefficient (Wildman–Crippen LogP) is -0.204. The summed E-state index contributed by atoms with van der Waals surface area (Å²) in [5, 5.41) is 24.6. The van der Waals surface area contributed by atoms with Crippen LogP contribution in [-0.4, -0.2) is 42.9 Å². The first-order chi connectivity index (χ1) is 10.0. The van der Waals surface area contributed by atoms with Gasteiger partial charge in [0, 0.05) is 6.42 Å². The maximum atomic E-state index is 11.8. The molecule has 0 saturated heterocycles. The number of hydrogen-bond acceptors (Lipinski definition) is 5. The fourth-order valence-corrected chi connectivity index (χ4v) is 1.77. The minimum absolute atomic E-state index is 0.0979. The molecular formula is C13H14N4O4. The first kappa shape index (κ1) is 14.5. The van der Waals surface area contributed by atoms with E-state index < -0.39 is 17.9 Å². The molecule has 110 valence electrons. The second-order valence-corrected chi connectivity index (χ2v) is 4.42. The van der Waals surface area contributed by atoms with Crippen LogP contribution in [-0.2, 0) is 22.6 Å².